The number of thiocarbonyl (C=S) groups is 1. The van der Waals surface area contributed by atoms with E-state index in [-0.39, 0.29) is 5.91 Å². The first-order valence-corrected chi connectivity index (χ1v) is 11.6. The van der Waals surface area contributed by atoms with Gasteiger partial charge in [-0.25, -0.2) is 4.99 Å². The van der Waals surface area contributed by atoms with Gasteiger partial charge in [-0.15, -0.1) is 0 Å². The molecule has 31 heavy (non-hydrogen) atoms. The van der Waals surface area contributed by atoms with E-state index in [1.165, 1.54) is 19.3 Å². The van der Waals surface area contributed by atoms with Crippen molar-refractivity contribution in [2.45, 2.75) is 44.3 Å². The first-order chi connectivity index (χ1) is 14.9. The van der Waals surface area contributed by atoms with Gasteiger partial charge in [-0.2, -0.15) is 0 Å². The Morgan fingerprint density at radius 3 is 2.55 bits per heavy atom. The molecule has 1 heterocycles. The average Bonchev–Trinajstić information content (AvgIpc) is 2.85. The summed E-state index contributed by atoms with van der Waals surface area (Å²) in [5.74, 6) is -0.210. The van der Waals surface area contributed by atoms with E-state index in [1.807, 2.05) is 30.3 Å². The topological polar surface area (TPSA) is 56.7 Å². The predicted octanol–water partition coefficient (Wildman–Crippen LogP) is 4.93. The average molecular weight is 475 g/mol. The van der Waals surface area contributed by atoms with Gasteiger partial charge in [-0.3, -0.25) is 4.79 Å². The van der Waals surface area contributed by atoms with Crippen LogP contribution in [0, 0.1) is 0 Å². The molecule has 1 unspecified atom stereocenters. The largest absolute Gasteiger partial charge is 0.360 e. The molecule has 2 aromatic rings. The summed E-state index contributed by atoms with van der Waals surface area (Å²) in [6.45, 7) is 0. The molecule has 2 aliphatic rings. The molecular formula is C23H24Cl2N4OS. The smallest absolute Gasteiger partial charge is 0.272 e. The summed E-state index contributed by atoms with van der Waals surface area (Å²) >= 11 is 18.3. The predicted molar refractivity (Wildman–Crippen MR) is 131 cm³/mol. The molecule has 1 amide bonds. The molecule has 1 fully saturated rings. The van der Waals surface area contributed by atoms with Crippen LogP contribution in [0.4, 0.5) is 5.69 Å². The van der Waals surface area contributed by atoms with E-state index in [2.05, 4.69) is 10.6 Å². The molecule has 8 heteroatoms. The SMILES string of the molecule is CN1C(=O)C(NC(=S)NC2CCCCC2)N=C(c2ccccc2Cl)c2cc(Cl)ccc21. The fourth-order valence-corrected chi connectivity index (χ4v) is 4.78. The van der Waals surface area contributed by atoms with Crippen molar-refractivity contribution in [1.82, 2.24) is 10.6 Å². The Kier molecular flexibility index (Phi) is 6.80. The van der Waals surface area contributed by atoms with Crippen molar-refractivity contribution < 1.29 is 4.79 Å². The van der Waals surface area contributed by atoms with Crippen molar-refractivity contribution >= 4 is 57.8 Å². The summed E-state index contributed by atoms with van der Waals surface area (Å²) < 4.78 is 0. The molecule has 2 aromatic carbocycles. The minimum atomic E-state index is -0.883. The first kappa shape index (κ1) is 22.1. The quantitative estimate of drug-likeness (QED) is 0.619. The van der Waals surface area contributed by atoms with Gasteiger partial charge in [0.05, 0.1) is 11.4 Å². The number of nitrogens with zero attached hydrogens (tertiary/aromatic N) is 2. The van der Waals surface area contributed by atoms with Gasteiger partial charge in [0.25, 0.3) is 5.91 Å². The summed E-state index contributed by atoms with van der Waals surface area (Å²) in [7, 11) is 1.73. The summed E-state index contributed by atoms with van der Waals surface area (Å²) in [5.41, 5.74) is 2.78. The zero-order valence-electron chi connectivity index (χ0n) is 17.2. The van der Waals surface area contributed by atoms with Crippen LogP contribution in [0.1, 0.15) is 43.2 Å². The Bertz CT molecular complexity index is 1040. The van der Waals surface area contributed by atoms with Crippen molar-refractivity contribution in [3.63, 3.8) is 0 Å². The number of hydrogen-bond acceptors (Lipinski definition) is 3. The van der Waals surface area contributed by atoms with E-state index in [1.54, 1.807) is 24.1 Å². The van der Waals surface area contributed by atoms with Gasteiger partial charge in [0, 0.05) is 34.3 Å². The second-order valence-electron chi connectivity index (χ2n) is 7.87. The van der Waals surface area contributed by atoms with Crippen molar-refractivity contribution in [3.05, 3.63) is 63.6 Å². The van der Waals surface area contributed by atoms with E-state index in [0.717, 1.165) is 24.0 Å². The van der Waals surface area contributed by atoms with Crippen molar-refractivity contribution in [2.75, 3.05) is 11.9 Å². The van der Waals surface area contributed by atoms with Crippen molar-refractivity contribution in [3.8, 4) is 0 Å². The highest BCUT2D eigenvalue weighted by Gasteiger charge is 2.31. The molecule has 0 spiro atoms. The Morgan fingerprint density at radius 2 is 1.81 bits per heavy atom. The lowest BCUT2D eigenvalue weighted by Gasteiger charge is -2.26. The van der Waals surface area contributed by atoms with Crippen LogP contribution in [-0.4, -0.2) is 36.0 Å². The number of halogens is 2. The molecule has 0 bridgehead atoms. The third-order valence-electron chi connectivity index (χ3n) is 5.73. The number of nitrogens with one attached hydrogen (secondary N) is 2. The molecule has 0 aromatic heterocycles. The maximum Gasteiger partial charge on any atom is 0.272 e. The number of carbonyl (C=O) groups excluding carboxylic acids is 1. The highest BCUT2D eigenvalue weighted by atomic mass is 35.5. The van der Waals surface area contributed by atoms with E-state index in [4.69, 9.17) is 40.4 Å². The standard InChI is InChI=1S/C23H24Cl2N4OS/c1-29-19-12-11-14(24)13-17(19)20(16-9-5-6-10-18(16)25)27-21(22(29)30)28-23(31)26-15-7-3-2-4-8-15/h5-6,9-13,15,21H,2-4,7-8H2,1H3,(H2,26,28,31). The third kappa shape index (κ3) is 4.86. The Morgan fingerprint density at radius 1 is 1.06 bits per heavy atom. The van der Waals surface area contributed by atoms with Gasteiger partial charge in [0.15, 0.2) is 5.11 Å². The summed E-state index contributed by atoms with van der Waals surface area (Å²) in [5, 5.41) is 8.01. The molecule has 0 saturated heterocycles. The van der Waals surface area contributed by atoms with Crippen LogP contribution >= 0.6 is 35.4 Å². The van der Waals surface area contributed by atoms with Crippen LogP contribution in [0.2, 0.25) is 10.0 Å². The molecule has 4 rings (SSSR count). The maximum absolute atomic E-state index is 13.3. The van der Waals surface area contributed by atoms with Crippen LogP contribution in [0.3, 0.4) is 0 Å². The summed E-state index contributed by atoms with van der Waals surface area (Å²) in [4.78, 5) is 19.7. The molecule has 1 aliphatic heterocycles. The van der Waals surface area contributed by atoms with Crippen molar-refractivity contribution in [2.24, 2.45) is 4.99 Å². The summed E-state index contributed by atoms with van der Waals surface area (Å²) in [6.07, 6.45) is 4.92. The minimum Gasteiger partial charge on any atom is -0.360 e. The number of likely N-dealkylation sites (N-methyl/N-ethyl adjacent to an activating group) is 1. The fourth-order valence-electron chi connectivity index (χ4n) is 4.11. The van der Waals surface area contributed by atoms with Crippen LogP contribution in [0.5, 0.6) is 0 Å². The third-order valence-corrected chi connectivity index (χ3v) is 6.54. The lowest BCUT2D eigenvalue weighted by Crippen LogP contribution is -2.51. The zero-order valence-corrected chi connectivity index (χ0v) is 19.5. The van der Waals surface area contributed by atoms with Crippen LogP contribution in [-0.2, 0) is 4.79 Å². The lowest BCUT2D eigenvalue weighted by molar-refractivity contribution is -0.119. The second kappa shape index (κ2) is 9.55. The zero-order chi connectivity index (χ0) is 22.0. The molecule has 1 saturated carbocycles. The van der Waals surface area contributed by atoms with Crippen molar-refractivity contribution in [1.29, 1.82) is 0 Å². The van der Waals surface area contributed by atoms with E-state index in [9.17, 15) is 4.79 Å². The Labute approximate surface area is 197 Å². The number of benzene rings is 2. The second-order valence-corrected chi connectivity index (χ2v) is 9.12. The molecule has 1 aliphatic carbocycles. The molecule has 162 valence electrons. The molecular weight excluding hydrogens is 451 g/mol. The first-order valence-electron chi connectivity index (χ1n) is 10.4. The fraction of sp³-hybridized carbons (Fsp3) is 0.348. The number of amides is 1. The normalized spacial score (nSPS) is 19.3. The molecule has 2 N–H and O–H groups in total. The Hall–Kier alpha value is -2.15. The Balaban J connectivity index is 1.71. The summed E-state index contributed by atoms with van der Waals surface area (Å²) in [6, 6.07) is 13.2. The maximum atomic E-state index is 13.3. The van der Waals surface area contributed by atoms with Crippen LogP contribution in [0.25, 0.3) is 0 Å². The van der Waals surface area contributed by atoms with E-state index in [0.29, 0.717) is 32.6 Å². The van der Waals surface area contributed by atoms with Gasteiger partial charge in [-0.05, 0) is 49.3 Å². The van der Waals surface area contributed by atoms with Gasteiger partial charge in [0.1, 0.15) is 0 Å². The number of anilines is 1. The van der Waals surface area contributed by atoms with E-state index < -0.39 is 6.17 Å². The molecule has 1 atom stereocenters. The number of hydrogen-bond donors (Lipinski definition) is 2. The lowest BCUT2D eigenvalue weighted by atomic mass is 9.96. The van der Waals surface area contributed by atoms with Gasteiger partial charge in [-0.1, -0.05) is 60.7 Å². The van der Waals surface area contributed by atoms with Gasteiger partial charge < -0.3 is 15.5 Å². The van der Waals surface area contributed by atoms with E-state index >= 15 is 0 Å². The minimum absolute atomic E-state index is 0.210. The van der Waals surface area contributed by atoms with Crippen LogP contribution in [0.15, 0.2) is 47.5 Å². The number of aliphatic imine (C=N–C) groups is 1. The molecule has 0 radical (unpaired) electrons. The highest BCUT2D eigenvalue weighted by molar-refractivity contribution is 7.80. The number of rotatable bonds is 3. The number of benzodiazepines with no additional fused rings is 1. The number of fused-ring (bicyclic) bond motifs is 1. The van der Waals surface area contributed by atoms with Gasteiger partial charge in [0.2, 0.25) is 6.17 Å². The molecule has 5 nitrogen and oxygen atoms in total. The van der Waals surface area contributed by atoms with Crippen LogP contribution < -0.4 is 15.5 Å². The highest BCUT2D eigenvalue weighted by Crippen LogP contribution is 2.31. The van der Waals surface area contributed by atoms with Gasteiger partial charge >= 0.3 is 0 Å². The number of carbonyl (C=O) groups is 1. The monoisotopic (exact) mass is 474 g/mol.